The quantitative estimate of drug-likeness (QED) is 0.912. The predicted molar refractivity (Wildman–Crippen MR) is 87.7 cm³/mol. The molecule has 2 aliphatic rings. The highest BCUT2D eigenvalue weighted by Gasteiger charge is 2.30. The lowest BCUT2D eigenvalue weighted by Crippen LogP contribution is -2.47. The number of hydrogen-bond donors (Lipinski definition) is 1. The molecular weight excluding hydrogens is 294 g/mol. The van der Waals surface area contributed by atoms with Crippen molar-refractivity contribution in [3.63, 3.8) is 0 Å². The number of amides is 2. The average molecular weight is 317 g/mol. The van der Waals surface area contributed by atoms with Gasteiger partial charge in [-0.25, -0.2) is 0 Å². The zero-order valence-electron chi connectivity index (χ0n) is 13.7. The Balaban J connectivity index is 1.76. The van der Waals surface area contributed by atoms with Crippen LogP contribution in [0.2, 0.25) is 0 Å². The van der Waals surface area contributed by atoms with Crippen molar-refractivity contribution in [1.29, 1.82) is 0 Å². The van der Waals surface area contributed by atoms with E-state index in [1.807, 2.05) is 4.90 Å². The van der Waals surface area contributed by atoms with Crippen LogP contribution in [-0.2, 0) is 4.79 Å². The van der Waals surface area contributed by atoms with Crippen molar-refractivity contribution in [3.05, 3.63) is 23.8 Å². The van der Waals surface area contributed by atoms with Crippen LogP contribution in [0.1, 0.15) is 23.2 Å². The van der Waals surface area contributed by atoms with E-state index in [4.69, 9.17) is 4.74 Å². The van der Waals surface area contributed by atoms with E-state index in [2.05, 4.69) is 17.3 Å². The second-order valence-corrected chi connectivity index (χ2v) is 6.27. The third-order valence-electron chi connectivity index (χ3n) is 4.44. The normalized spacial score (nSPS) is 18.6. The monoisotopic (exact) mass is 317 g/mol. The molecule has 23 heavy (non-hydrogen) atoms. The van der Waals surface area contributed by atoms with Gasteiger partial charge in [-0.1, -0.05) is 0 Å². The largest absolute Gasteiger partial charge is 0.495 e. The van der Waals surface area contributed by atoms with E-state index >= 15 is 0 Å². The van der Waals surface area contributed by atoms with Crippen molar-refractivity contribution >= 4 is 17.5 Å². The van der Waals surface area contributed by atoms with Gasteiger partial charge < -0.3 is 19.9 Å². The average Bonchev–Trinajstić information content (AvgIpc) is 3.40. The van der Waals surface area contributed by atoms with Gasteiger partial charge >= 0.3 is 0 Å². The first-order chi connectivity index (χ1) is 11.1. The van der Waals surface area contributed by atoms with E-state index in [0.29, 0.717) is 17.0 Å². The van der Waals surface area contributed by atoms with Gasteiger partial charge in [-0.15, -0.1) is 0 Å². The van der Waals surface area contributed by atoms with Gasteiger partial charge in [0.2, 0.25) is 5.91 Å². The number of hydrogen-bond acceptors (Lipinski definition) is 4. The van der Waals surface area contributed by atoms with Crippen molar-refractivity contribution < 1.29 is 14.3 Å². The summed E-state index contributed by atoms with van der Waals surface area (Å²) in [4.78, 5) is 28.7. The summed E-state index contributed by atoms with van der Waals surface area (Å²) < 4.78 is 5.29. The highest BCUT2D eigenvalue weighted by atomic mass is 16.5. The molecule has 0 radical (unpaired) electrons. The Labute approximate surface area is 136 Å². The standard InChI is InChI=1S/C17H23N3O3/c1-19-7-9-20(10-8-19)17(22)13-5-6-15(23-2)14(11-13)18-16(21)12-3-4-12/h5-6,11-12H,3-4,7-10H2,1-2H3,(H,18,21). The molecule has 0 atom stereocenters. The van der Waals surface area contributed by atoms with Crippen LogP contribution in [0.15, 0.2) is 18.2 Å². The first kappa shape index (κ1) is 15.8. The van der Waals surface area contributed by atoms with E-state index in [9.17, 15) is 9.59 Å². The van der Waals surface area contributed by atoms with Crippen LogP contribution < -0.4 is 10.1 Å². The van der Waals surface area contributed by atoms with E-state index in [1.165, 1.54) is 0 Å². The lowest BCUT2D eigenvalue weighted by molar-refractivity contribution is -0.117. The molecule has 1 aromatic rings. The van der Waals surface area contributed by atoms with Gasteiger partial charge in [0.15, 0.2) is 0 Å². The first-order valence-corrected chi connectivity index (χ1v) is 8.05. The van der Waals surface area contributed by atoms with Gasteiger partial charge in [-0.3, -0.25) is 9.59 Å². The van der Waals surface area contributed by atoms with Crippen molar-refractivity contribution in [3.8, 4) is 5.75 Å². The third-order valence-corrected chi connectivity index (χ3v) is 4.44. The Bertz CT molecular complexity index is 605. The first-order valence-electron chi connectivity index (χ1n) is 8.05. The summed E-state index contributed by atoms with van der Waals surface area (Å²) in [5.74, 6) is 0.695. The molecule has 6 heteroatoms. The lowest BCUT2D eigenvalue weighted by atomic mass is 10.1. The molecule has 1 aromatic carbocycles. The highest BCUT2D eigenvalue weighted by molar-refractivity contribution is 5.99. The van der Waals surface area contributed by atoms with Crippen molar-refractivity contribution in [1.82, 2.24) is 9.80 Å². The van der Waals surface area contributed by atoms with Crippen LogP contribution in [0.25, 0.3) is 0 Å². The summed E-state index contributed by atoms with van der Waals surface area (Å²) in [5, 5.41) is 2.89. The van der Waals surface area contributed by atoms with E-state index < -0.39 is 0 Å². The van der Waals surface area contributed by atoms with E-state index in [-0.39, 0.29) is 17.7 Å². The molecule has 1 aliphatic carbocycles. The van der Waals surface area contributed by atoms with E-state index in [0.717, 1.165) is 39.0 Å². The summed E-state index contributed by atoms with van der Waals surface area (Å²) >= 11 is 0. The number of carbonyl (C=O) groups excluding carboxylic acids is 2. The van der Waals surface area contributed by atoms with Gasteiger partial charge in [0.25, 0.3) is 5.91 Å². The predicted octanol–water partition coefficient (Wildman–Crippen LogP) is 1.43. The Hall–Kier alpha value is -2.08. The number of likely N-dealkylation sites (N-methyl/N-ethyl adjacent to an activating group) is 1. The van der Waals surface area contributed by atoms with Gasteiger partial charge in [0.1, 0.15) is 5.75 Å². The summed E-state index contributed by atoms with van der Waals surface area (Å²) in [6, 6.07) is 5.22. The number of piperazine rings is 1. The molecule has 1 saturated carbocycles. The van der Waals surface area contributed by atoms with Gasteiger partial charge in [0.05, 0.1) is 12.8 Å². The number of methoxy groups -OCH3 is 1. The minimum atomic E-state index is 0.00248. The van der Waals surface area contributed by atoms with Crippen LogP contribution >= 0.6 is 0 Å². The fraction of sp³-hybridized carbons (Fsp3) is 0.529. The van der Waals surface area contributed by atoms with Crippen LogP contribution in [0.3, 0.4) is 0 Å². The summed E-state index contributed by atoms with van der Waals surface area (Å²) in [5.41, 5.74) is 1.16. The molecule has 124 valence electrons. The maximum atomic E-state index is 12.6. The molecule has 1 N–H and O–H groups in total. The zero-order chi connectivity index (χ0) is 16.4. The van der Waals surface area contributed by atoms with Gasteiger partial charge in [0, 0.05) is 37.7 Å². The van der Waals surface area contributed by atoms with Crippen LogP contribution in [0.5, 0.6) is 5.75 Å². The van der Waals surface area contributed by atoms with Gasteiger partial charge in [-0.2, -0.15) is 0 Å². The summed E-state index contributed by atoms with van der Waals surface area (Å²) in [6.07, 6.45) is 1.88. The Kier molecular flexibility index (Phi) is 4.52. The Morgan fingerprint density at radius 2 is 1.87 bits per heavy atom. The molecule has 6 nitrogen and oxygen atoms in total. The second kappa shape index (κ2) is 6.58. The maximum Gasteiger partial charge on any atom is 0.254 e. The lowest BCUT2D eigenvalue weighted by Gasteiger charge is -2.32. The zero-order valence-corrected chi connectivity index (χ0v) is 13.7. The number of rotatable bonds is 4. The topological polar surface area (TPSA) is 61.9 Å². The number of nitrogens with one attached hydrogen (secondary N) is 1. The third kappa shape index (κ3) is 3.64. The molecule has 2 amide bonds. The molecule has 1 aliphatic heterocycles. The van der Waals surface area contributed by atoms with Crippen molar-refractivity contribution in [2.24, 2.45) is 5.92 Å². The minimum Gasteiger partial charge on any atom is -0.495 e. The number of carbonyl (C=O) groups is 2. The van der Waals surface area contributed by atoms with Crippen LogP contribution in [0, 0.1) is 5.92 Å². The fourth-order valence-corrected chi connectivity index (χ4v) is 2.71. The van der Waals surface area contributed by atoms with E-state index in [1.54, 1.807) is 25.3 Å². The Morgan fingerprint density at radius 3 is 2.48 bits per heavy atom. The van der Waals surface area contributed by atoms with Crippen LogP contribution in [0.4, 0.5) is 5.69 Å². The highest BCUT2D eigenvalue weighted by Crippen LogP contribution is 2.32. The molecule has 1 heterocycles. The number of benzene rings is 1. The molecule has 1 saturated heterocycles. The number of anilines is 1. The summed E-state index contributed by atoms with van der Waals surface area (Å²) in [6.45, 7) is 3.22. The van der Waals surface area contributed by atoms with Crippen molar-refractivity contribution in [2.45, 2.75) is 12.8 Å². The molecule has 2 fully saturated rings. The number of ether oxygens (including phenoxy) is 1. The maximum absolute atomic E-state index is 12.6. The van der Waals surface area contributed by atoms with Crippen molar-refractivity contribution in [2.75, 3.05) is 45.7 Å². The Morgan fingerprint density at radius 1 is 1.17 bits per heavy atom. The molecular formula is C17H23N3O3. The molecule has 3 rings (SSSR count). The van der Waals surface area contributed by atoms with Gasteiger partial charge in [-0.05, 0) is 38.1 Å². The summed E-state index contributed by atoms with van der Waals surface area (Å²) in [7, 11) is 3.62. The fourth-order valence-electron chi connectivity index (χ4n) is 2.71. The SMILES string of the molecule is COc1ccc(C(=O)N2CCN(C)CC2)cc1NC(=O)C1CC1. The second-order valence-electron chi connectivity index (χ2n) is 6.27. The molecule has 0 spiro atoms. The van der Waals surface area contributed by atoms with Crippen LogP contribution in [-0.4, -0.2) is 62.0 Å². The minimum absolute atomic E-state index is 0.00248. The number of nitrogens with zero attached hydrogens (tertiary/aromatic N) is 2. The molecule has 0 aromatic heterocycles. The smallest absolute Gasteiger partial charge is 0.254 e. The molecule has 0 unspecified atom stereocenters. The molecule has 0 bridgehead atoms.